The molecule has 0 atom stereocenters. The van der Waals surface area contributed by atoms with Crippen molar-refractivity contribution in [3.05, 3.63) is 68.4 Å². The number of nitrogens with zero attached hydrogens (tertiary/aromatic N) is 1. The number of rotatable bonds is 5. The quantitative estimate of drug-likeness (QED) is 0.658. The molecule has 0 fully saturated rings. The van der Waals surface area contributed by atoms with Gasteiger partial charge in [-0.05, 0) is 36.2 Å². The van der Waals surface area contributed by atoms with E-state index < -0.39 is 4.92 Å². The lowest BCUT2D eigenvalue weighted by Crippen LogP contribution is -2.07. The molecular weight excluding hydrogens is 327 g/mol. The van der Waals surface area contributed by atoms with Crippen LogP contribution in [0.15, 0.2) is 46.9 Å². The van der Waals surface area contributed by atoms with Gasteiger partial charge in [-0.2, -0.15) is 0 Å². The van der Waals surface area contributed by atoms with Gasteiger partial charge in [0.1, 0.15) is 11.5 Å². The van der Waals surface area contributed by atoms with E-state index in [0.717, 1.165) is 10.0 Å². The molecule has 0 bridgehead atoms. The molecule has 0 spiro atoms. The van der Waals surface area contributed by atoms with Crippen LogP contribution in [0.1, 0.15) is 5.56 Å². The van der Waals surface area contributed by atoms with Crippen molar-refractivity contribution in [1.82, 2.24) is 0 Å². The van der Waals surface area contributed by atoms with E-state index in [0.29, 0.717) is 18.7 Å². The van der Waals surface area contributed by atoms with Crippen LogP contribution in [0, 0.1) is 15.9 Å². The Balaban J connectivity index is 2.04. The molecule has 0 aliphatic rings. The maximum Gasteiger partial charge on any atom is 0.292 e. The van der Waals surface area contributed by atoms with Gasteiger partial charge in [0.05, 0.1) is 4.92 Å². The summed E-state index contributed by atoms with van der Waals surface area (Å²) in [6.45, 7) is 0.487. The SMILES string of the molecule is O=[N+]([O-])c1ccc(Br)cc1NCCc1cccc(F)c1. The third-order valence-corrected chi connectivity index (χ3v) is 3.27. The Hall–Kier alpha value is -1.95. The van der Waals surface area contributed by atoms with Gasteiger partial charge in [-0.25, -0.2) is 4.39 Å². The van der Waals surface area contributed by atoms with Gasteiger partial charge < -0.3 is 5.32 Å². The lowest BCUT2D eigenvalue weighted by molar-refractivity contribution is -0.384. The summed E-state index contributed by atoms with van der Waals surface area (Å²) in [5, 5.41) is 13.9. The molecule has 2 aromatic carbocycles. The predicted octanol–water partition coefficient (Wildman–Crippen LogP) is 4.15. The summed E-state index contributed by atoms with van der Waals surface area (Å²) in [7, 11) is 0. The van der Waals surface area contributed by atoms with Crippen molar-refractivity contribution >= 4 is 27.3 Å². The van der Waals surface area contributed by atoms with Gasteiger partial charge >= 0.3 is 0 Å². The monoisotopic (exact) mass is 338 g/mol. The Bertz CT molecular complexity index is 634. The molecule has 1 N–H and O–H groups in total. The zero-order chi connectivity index (χ0) is 14.5. The summed E-state index contributed by atoms with van der Waals surface area (Å²) in [5.74, 6) is -0.282. The zero-order valence-corrected chi connectivity index (χ0v) is 12.1. The van der Waals surface area contributed by atoms with Crippen molar-refractivity contribution in [2.24, 2.45) is 0 Å². The molecule has 4 nitrogen and oxygen atoms in total. The highest BCUT2D eigenvalue weighted by Crippen LogP contribution is 2.27. The molecule has 0 aliphatic carbocycles. The van der Waals surface area contributed by atoms with Crippen LogP contribution in [0.4, 0.5) is 15.8 Å². The van der Waals surface area contributed by atoms with E-state index >= 15 is 0 Å². The number of benzene rings is 2. The van der Waals surface area contributed by atoms with E-state index in [-0.39, 0.29) is 11.5 Å². The molecule has 0 heterocycles. The molecule has 20 heavy (non-hydrogen) atoms. The Kier molecular flexibility index (Phi) is 4.68. The van der Waals surface area contributed by atoms with Crippen molar-refractivity contribution in [3.8, 4) is 0 Å². The highest BCUT2D eigenvalue weighted by atomic mass is 79.9. The number of nitro groups is 1. The van der Waals surface area contributed by atoms with E-state index in [2.05, 4.69) is 21.2 Å². The summed E-state index contributed by atoms with van der Waals surface area (Å²) in [6, 6.07) is 11.0. The lowest BCUT2D eigenvalue weighted by Gasteiger charge is -2.07. The van der Waals surface area contributed by atoms with E-state index in [1.54, 1.807) is 18.2 Å². The molecule has 0 aliphatic heterocycles. The third kappa shape index (κ3) is 3.77. The van der Waals surface area contributed by atoms with Crippen LogP contribution in [0.25, 0.3) is 0 Å². The van der Waals surface area contributed by atoms with Crippen LogP contribution in [-0.2, 0) is 6.42 Å². The second-order valence-corrected chi connectivity index (χ2v) is 5.14. The first kappa shape index (κ1) is 14.5. The lowest BCUT2D eigenvalue weighted by atomic mass is 10.1. The van der Waals surface area contributed by atoms with Gasteiger partial charge in [-0.1, -0.05) is 28.1 Å². The standard InChI is InChI=1S/C14H12BrFN2O2/c15-11-4-5-14(18(19)20)13(9-11)17-7-6-10-2-1-3-12(16)8-10/h1-5,8-9,17H,6-7H2. The van der Waals surface area contributed by atoms with E-state index in [1.807, 2.05) is 6.07 Å². The molecule has 0 aromatic heterocycles. The van der Waals surface area contributed by atoms with E-state index in [4.69, 9.17) is 0 Å². The maximum atomic E-state index is 13.0. The highest BCUT2D eigenvalue weighted by molar-refractivity contribution is 9.10. The summed E-state index contributed by atoms with van der Waals surface area (Å²) in [5.41, 5.74) is 1.31. The molecule has 0 unspecified atom stereocenters. The summed E-state index contributed by atoms with van der Waals surface area (Å²) >= 11 is 3.28. The van der Waals surface area contributed by atoms with Crippen LogP contribution in [0.2, 0.25) is 0 Å². The van der Waals surface area contributed by atoms with E-state index in [1.165, 1.54) is 18.2 Å². The Labute approximate surface area is 123 Å². The molecule has 2 rings (SSSR count). The van der Waals surface area contributed by atoms with Gasteiger partial charge in [-0.15, -0.1) is 0 Å². The fraction of sp³-hybridized carbons (Fsp3) is 0.143. The van der Waals surface area contributed by atoms with Crippen LogP contribution >= 0.6 is 15.9 Å². The Morgan fingerprint density at radius 1 is 1.25 bits per heavy atom. The van der Waals surface area contributed by atoms with Crippen LogP contribution in [-0.4, -0.2) is 11.5 Å². The first-order valence-corrected chi connectivity index (χ1v) is 6.78. The molecule has 104 valence electrons. The van der Waals surface area contributed by atoms with Crippen LogP contribution < -0.4 is 5.32 Å². The molecule has 0 saturated carbocycles. The van der Waals surface area contributed by atoms with Gasteiger partial charge in [0.25, 0.3) is 5.69 Å². The third-order valence-electron chi connectivity index (χ3n) is 2.77. The molecule has 2 aromatic rings. The van der Waals surface area contributed by atoms with Crippen LogP contribution in [0.5, 0.6) is 0 Å². The summed E-state index contributed by atoms with van der Waals surface area (Å²) in [4.78, 5) is 10.5. The Morgan fingerprint density at radius 3 is 2.75 bits per heavy atom. The molecule has 0 radical (unpaired) electrons. The van der Waals surface area contributed by atoms with Gasteiger partial charge in [0.2, 0.25) is 0 Å². The van der Waals surface area contributed by atoms with Crippen molar-refractivity contribution in [2.75, 3.05) is 11.9 Å². The number of nitro benzene ring substituents is 1. The minimum atomic E-state index is -0.434. The summed E-state index contributed by atoms with van der Waals surface area (Å²) < 4.78 is 13.8. The fourth-order valence-corrected chi connectivity index (χ4v) is 2.20. The molecule has 6 heteroatoms. The van der Waals surface area contributed by atoms with Crippen molar-refractivity contribution < 1.29 is 9.31 Å². The van der Waals surface area contributed by atoms with Gasteiger partial charge in [0, 0.05) is 17.1 Å². The number of hydrogen-bond acceptors (Lipinski definition) is 3. The normalized spacial score (nSPS) is 10.3. The summed E-state index contributed by atoms with van der Waals surface area (Å²) in [6.07, 6.45) is 0.585. The zero-order valence-electron chi connectivity index (χ0n) is 10.5. The van der Waals surface area contributed by atoms with Crippen LogP contribution in [0.3, 0.4) is 0 Å². The van der Waals surface area contributed by atoms with E-state index in [9.17, 15) is 14.5 Å². The van der Waals surface area contributed by atoms with Gasteiger partial charge in [0.15, 0.2) is 0 Å². The van der Waals surface area contributed by atoms with Crippen molar-refractivity contribution in [2.45, 2.75) is 6.42 Å². The first-order valence-electron chi connectivity index (χ1n) is 5.98. The average Bonchev–Trinajstić information content (AvgIpc) is 2.38. The van der Waals surface area contributed by atoms with Crippen molar-refractivity contribution in [3.63, 3.8) is 0 Å². The Morgan fingerprint density at radius 2 is 2.05 bits per heavy atom. The largest absolute Gasteiger partial charge is 0.379 e. The molecule has 0 saturated heterocycles. The second-order valence-electron chi connectivity index (χ2n) is 4.23. The number of nitrogens with one attached hydrogen (secondary N) is 1. The highest BCUT2D eigenvalue weighted by Gasteiger charge is 2.13. The minimum Gasteiger partial charge on any atom is -0.379 e. The average molecular weight is 339 g/mol. The number of halogens is 2. The van der Waals surface area contributed by atoms with Crippen molar-refractivity contribution in [1.29, 1.82) is 0 Å². The topological polar surface area (TPSA) is 55.2 Å². The number of anilines is 1. The minimum absolute atomic E-state index is 0.0208. The first-order chi connectivity index (χ1) is 9.56. The smallest absolute Gasteiger partial charge is 0.292 e. The molecular formula is C14H12BrFN2O2. The number of hydrogen-bond donors (Lipinski definition) is 1. The molecule has 0 amide bonds. The van der Waals surface area contributed by atoms with Gasteiger partial charge in [-0.3, -0.25) is 10.1 Å². The maximum absolute atomic E-state index is 13.0. The predicted molar refractivity (Wildman–Crippen MR) is 79.4 cm³/mol. The second kappa shape index (κ2) is 6.47. The fourth-order valence-electron chi connectivity index (χ4n) is 1.84.